The summed E-state index contributed by atoms with van der Waals surface area (Å²) in [6.07, 6.45) is 2.92. The summed E-state index contributed by atoms with van der Waals surface area (Å²) in [5.41, 5.74) is 2.04. The van der Waals surface area contributed by atoms with Gasteiger partial charge < -0.3 is 9.88 Å². The molecule has 0 saturated carbocycles. The molecule has 0 aliphatic carbocycles. The van der Waals surface area contributed by atoms with Crippen molar-refractivity contribution >= 4 is 48.9 Å². The maximum absolute atomic E-state index is 12.5. The molecule has 4 aromatic rings. The van der Waals surface area contributed by atoms with Gasteiger partial charge in [0.25, 0.3) is 5.56 Å². The van der Waals surface area contributed by atoms with Crippen molar-refractivity contribution in [3.05, 3.63) is 69.7 Å². The number of benzene rings is 2. The molecule has 31 heavy (non-hydrogen) atoms. The van der Waals surface area contributed by atoms with Gasteiger partial charge in [-0.2, -0.15) is 0 Å². The number of rotatable bonds is 6. The fraction of sp³-hybridized carbons (Fsp3) is 0.333. The highest BCUT2D eigenvalue weighted by atomic mass is 35.5. The molecule has 7 heteroatoms. The maximum atomic E-state index is 12.5. The number of fused-ring (bicyclic) bond motifs is 3. The van der Waals surface area contributed by atoms with Gasteiger partial charge in [-0.25, -0.2) is 4.98 Å². The number of aryl methyl sites for hydroxylation is 1. The van der Waals surface area contributed by atoms with Crippen LogP contribution in [0.2, 0.25) is 5.02 Å². The molecule has 0 unspecified atom stereocenters. The van der Waals surface area contributed by atoms with Crippen molar-refractivity contribution in [3.8, 4) is 0 Å². The number of nitrogens with one attached hydrogen (secondary N) is 1. The van der Waals surface area contributed by atoms with Gasteiger partial charge in [-0.1, -0.05) is 35.9 Å². The number of H-pyrrole nitrogens is 1. The summed E-state index contributed by atoms with van der Waals surface area (Å²) in [7, 11) is 0. The minimum atomic E-state index is -0.0154. The molecule has 0 spiro atoms. The lowest BCUT2D eigenvalue weighted by atomic mass is 10.2. The first kappa shape index (κ1) is 20.5. The predicted molar refractivity (Wildman–Crippen MR) is 131 cm³/mol. The molecular weight excluding hydrogens is 428 g/mol. The van der Waals surface area contributed by atoms with Crippen molar-refractivity contribution < 1.29 is 0 Å². The Kier molecular flexibility index (Phi) is 5.94. The molecular formula is C24H25ClN4OS. The number of hydrogen-bond acceptors (Lipinski definition) is 5. The molecule has 5 nitrogen and oxygen atoms in total. The summed E-state index contributed by atoms with van der Waals surface area (Å²) in [5, 5.41) is 1.87. The lowest BCUT2D eigenvalue weighted by Crippen LogP contribution is -2.46. The molecule has 1 N–H and O–H groups in total. The van der Waals surface area contributed by atoms with E-state index >= 15 is 0 Å². The highest BCUT2D eigenvalue weighted by molar-refractivity contribution is 7.25. The third-order valence-corrected chi connectivity index (χ3v) is 7.36. The largest absolute Gasteiger partial charge is 0.369 e. The van der Waals surface area contributed by atoms with Gasteiger partial charge in [0.2, 0.25) is 0 Å². The number of halogens is 1. The minimum absolute atomic E-state index is 0.0154. The monoisotopic (exact) mass is 452 g/mol. The number of nitrogens with zero attached hydrogens (tertiary/aromatic N) is 3. The minimum Gasteiger partial charge on any atom is -0.369 e. The van der Waals surface area contributed by atoms with E-state index in [1.54, 1.807) is 0 Å². The lowest BCUT2D eigenvalue weighted by Gasteiger charge is -2.36. The SMILES string of the molecule is O=c1[nH]c(CCCCN2CCN(c3cccc(Cl)c3)CC2)nc2c1sc1ccccc12. The summed E-state index contributed by atoms with van der Waals surface area (Å²) >= 11 is 7.65. The van der Waals surface area contributed by atoms with Crippen LogP contribution in [0.3, 0.4) is 0 Å². The van der Waals surface area contributed by atoms with Crippen LogP contribution < -0.4 is 10.5 Å². The Morgan fingerprint density at radius 2 is 1.87 bits per heavy atom. The Labute approximate surface area is 190 Å². The van der Waals surface area contributed by atoms with Crippen molar-refractivity contribution in [2.45, 2.75) is 19.3 Å². The number of thiophene rings is 1. The van der Waals surface area contributed by atoms with Crippen LogP contribution in [-0.2, 0) is 6.42 Å². The third kappa shape index (κ3) is 4.47. The van der Waals surface area contributed by atoms with Crippen LogP contribution in [0.25, 0.3) is 20.3 Å². The van der Waals surface area contributed by atoms with E-state index in [1.165, 1.54) is 17.0 Å². The normalized spacial score (nSPS) is 15.2. The summed E-state index contributed by atoms with van der Waals surface area (Å²) in [5.74, 6) is 0.798. The molecule has 1 saturated heterocycles. The zero-order chi connectivity index (χ0) is 21.2. The van der Waals surface area contributed by atoms with Gasteiger partial charge in [-0.3, -0.25) is 9.69 Å². The molecule has 0 atom stereocenters. The number of anilines is 1. The fourth-order valence-corrected chi connectivity index (χ4v) is 5.52. The van der Waals surface area contributed by atoms with E-state index in [-0.39, 0.29) is 5.56 Å². The fourth-order valence-electron chi connectivity index (χ4n) is 4.30. The molecule has 160 valence electrons. The first-order chi connectivity index (χ1) is 15.2. The van der Waals surface area contributed by atoms with Crippen LogP contribution in [0.15, 0.2) is 53.3 Å². The summed E-state index contributed by atoms with van der Waals surface area (Å²) in [6, 6.07) is 16.2. The van der Waals surface area contributed by atoms with Gasteiger partial charge in [-0.15, -0.1) is 11.3 Å². The first-order valence-electron chi connectivity index (χ1n) is 10.8. The van der Waals surface area contributed by atoms with Crippen LogP contribution in [0.5, 0.6) is 0 Å². The second-order valence-electron chi connectivity index (χ2n) is 8.05. The second-order valence-corrected chi connectivity index (χ2v) is 9.54. The standard InChI is InChI=1S/C24H25ClN4OS/c25-17-6-5-7-18(16-17)29-14-12-28(13-15-29)11-4-3-10-21-26-22-19-8-1-2-9-20(19)31-23(22)24(30)27-21/h1-2,5-9,16H,3-4,10-15H2,(H,26,27,30). The van der Waals surface area contributed by atoms with Crippen LogP contribution in [-0.4, -0.2) is 47.6 Å². The summed E-state index contributed by atoms with van der Waals surface area (Å²) in [6.45, 7) is 5.26. The van der Waals surface area contributed by atoms with Gasteiger partial charge in [0.15, 0.2) is 0 Å². The Balaban J connectivity index is 1.14. The molecule has 0 bridgehead atoms. The molecule has 3 heterocycles. The van der Waals surface area contributed by atoms with Gasteiger partial charge in [0, 0.05) is 53.4 Å². The van der Waals surface area contributed by atoms with E-state index in [4.69, 9.17) is 16.6 Å². The average molecular weight is 453 g/mol. The van der Waals surface area contributed by atoms with Crippen molar-refractivity contribution in [1.82, 2.24) is 14.9 Å². The van der Waals surface area contributed by atoms with E-state index in [9.17, 15) is 4.79 Å². The van der Waals surface area contributed by atoms with Crippen LogP contribution in [0.4, 0.5) is 5.69 Å². The van der Waals surface area contributed by atoms with Crippen LogP contribution in [0.1, 0.15) is 18.7 Å². The topological polar surface area (TPSA) is 52.2 Å². The van der Waals surface area contributed by atoms with Crippen molar-refractivity contribution in [2.75, 3.05) is 37.6 Å². The highest BCUT2D eigenvalue weighted by Crippen LogP contribution is 2.30. The van der Waals surface area contributed by atoms with E-state index in [2.05, 4.69) is 20.9 Å². The first-order valence-corrected chi connectivity index (χ1v) is 12.0. The summed E-state index contributed by atoms with van der Waals surface area (Å²) < 4.78 is 1.84. The number of piperazine rings is 1. The quantitative estimate of drug-likeness (QED) is 0.421. The van der Waals surface area contributed by atoms with E-state index < -0.39 is 0 Å². The zero-order valence-electron chi connectivity index (χ0n) is 17.3. The van der Waals surface area contributed by atoms with Gasteiger partial charge in [-0.05, 0) is 43.7 Å². The Morgan fingerprint density at radius 1 is 1.03 bits per heavy atom. The van der Waals surface area contributed by atoms with Crippen molar-refractivity contribution in [2.24, 2.45) is 0 Å². The van der Waals surface area contributed by atoms with E-state index in [0.29, 0.717) is 0 Å². The molecule has 1 aliphatic heterocycles. The highest BCUT2D eigenvalue weighted by Gasteiger charge is 2.17. The van der Waals surface area contributed by atoms with Crippen LogP contribution in [0, 0.1) is 0 Å². The zero-order valence-corrected chi connectivity index (χ0v) is 18.9. The lowest BCUT2D eigenvalue weighted by molar-refractivity contribution is 0.253. The maximum Gasteiger partial charge on any atom is 0.268 e. The smallest absolute Gasteiger partial charge is 0.268 e. The number of hydrogen-bond donors (Lipinski definition) is 1. The van der Waals surface area contributed by atoms with E-state index in [0.717, 1.165) is 83.1 Å². The Morgan fingerprint density at radius 3 is 2.71 bits per heavy atom. The predicted octanol–water partition coefficient (Wildman–Crippen LogP) is 4.94. The van der Waals surface area contributed by atoms with Gasteiger partial charge >= 0.3 is 0 Å². The third-order valence-electron chi connectivity index (χ3n) is 5.96. The van der Waals surface area contributed by atoms with Crippen molar-refractivity contribution in [3.63, 3.8) is 0 Å². The number of aromatic amines is 1. The molecule has 0 amide bonds. The molecule has 1 aliphatic rings. The Hall–Kier alpha value is -2.41. The molecule has 5 rings (SSSR count). The van der Waals surface area contributed by atoms with E-state index in [1.807, 2.05) is 42.5 Å². The molecule has 2 aromatic heterocycles. The number of unbranched alkanes of at least 4 members (excludes halogenated alkanes) is 1. The van der Waals surface area contributed by atoms with Crippen molar-refractivity contribution in [1.29, 1.82) is 0 Å². The van der Waals surface area contributed by atoms with Crippen LogP contribution >= 0.6 is 22.9 Å². The molecule has 2 aromatic carbocycles. The molecule has 1 fully saturated rings. The Bertz CT molecular complexity index is 1260. The van der Waals surface area contributed by atoms with Gasteiger partial charge in [0.05, 0.1) is 5.52 Å². The molecule has 0 radical (unpaired) electrons. The summed E-state index contributed by atoms with van der Waals surface area (Å²) in [4.78, 5) is 25.2. The van der Waals surface area contributed by atoms with Gasteiger partial charge in [0.1, 0.15) is 10.5 Å². The second kappa shape index (κ2) is 8.99. The number of aromatic nitrogens is 2. The average Bonchev–Trinajstić information content (AvgIpc) is 3.17.